The minimum Gasteiger partial charge on any atom is -0.449 e. The largest absolute Gasteiger partial charge is 0.449 e. The SMILES string of the molecule is NC(=O)CCCOC(=O)N1Cc2ccccc2C1. The van der Waals surface area contributed by atoms with Crippen LogP contribution in [0.15, 0.2) is 24.3 Å². The van der Waals surface area contributed by atoms with Gasteiger partial charge in [-0.1, -0.05) is 24.3 Å². The number of amides is 2. The maximum Gasteiger partial charge on any atom is 0.410 e. The molecule has 2 rings (SSSR count). The Balaban J connectivity index is 1.77. The number of nitrogens with zero attached hydrogens (tertiary/aromatic N) is 1. The van der Waals surface area contributed by atoms with Crippen molar-refractivity contribution >= 4 is 12.0 Å². The van der Waals surface area contributed by atoms with Gasteiger partial charge in [-0.3, -0.25) is 9.69 Å². The first-order valence-electron chi connectivity index (χ1n) is 5.93. The average molecular weight is 248 g/mol. The van der Waals surface area contributed by atoms with Crippen LogP contribution in [-0.4, -0.2) is 23.5 Å². The van der Waals surface area contributed by atoms with Crippen LogP contribution in [0.5, 0.6) is 0 Å². The van der Waals surface area contributed by atoms with Crippen molar-refractivity contribution < 1.29 is 14.3 Å². The molecule has 18 heavy (non-hydrogen) atoms. The second-order valence-electron chi connectivity index (χ2n) is 4.31. The zero-order chi connectivity index (χ0) is 13.0. The summed E-state index contributed by atoms with van der Waals surface area (Å²) in [6.45, 7) is 1.41. The van der Waals surface area contributed by atoms with Crippen molar-refractivity contribution in [2.24, 2.45) is 5.73 Å². The normalized spacial score (nSPS) is 13.2. The summed E-state index contributed by atoms with van der Waals surface area (Å²) < 4.78 is 5.09. The third-order valence-corrected chi connectivity index (χ3v) is 2.89. The number of rotatable bonds is 4. The predicted octanol–water partition coefficient (Wildman–Crippen LogP) is 1.40. The van der Waals surface area contributed by atoms with Crippen LogP contribution >= 0.6 is 0 Å². The molecule has 0 saturated heterocycles. The Labute approximate surface area is 106 Å². The molecule has 0 unspecified atom stereocenters. The number of carbonyl (C=O) groups excluding carboxylic acids is 2. The van der Waals surface area contributed by atoms with Gasteiger partial charge in [0.15, 0.2) is 0 Å². The summed E-state index contributed by atoms with van der Waals surface area (Å²) >= 11 is 0. The van der Waals surface area contributed by atoms with Crippen molar-refractivity contribution in [1.29, 1.82) is 0 Å². The standard InChI is InChI=1S/C13H16N2O3/c14-12(16)6-3-7-18-13(17)15-8-10-4-1-2-5-11(10)9-15/h1-2,4-5H,3,6-9H2,(H2,14,16). The van der Waals surface area contributed by atoms with Gasteiger partial charge in [0.05, 0.1) is 6.61 Å². The summed E-state index contributed by atoms with van der Waals surface area (Å²) in [6, 6.07) is 7.94. The monoisotopic (exact) mass is 248 g/mol. The number of nitrogens with two attached hydrogens (primary N) is 1. The minimum absolute atomic E-state index is 0.231. The highest BCUT2D eigenvalue weighted by Crippen LogP contribution is 2.22. The van der Waals surface area contributed by atoms with Gasteiger partial charge in [-0.05, 0) is 17.5 Å². The highest BCUT2D eigenvalue weighted by molar-refractivity contribution is 5.73. The number of hydrogen-bond acceptors (Lipinski definition) is 3. The molecule has 0 fully saturated rings. The van der Waals surface area contributed by atoms with Gasteiger partial charge >= 0.3 is 6.09 Å². The molecule has 1 heterocycles. The van der Waals surface area contributed by atoms with Crippen LogP contribution in [0.3, 0.4) is 0 Å². The highest BCUT2D eigenvalue weighted by Gasteiger charge is 2.23. The Morgan fingerprint density at radius 3 is 2.39 bits per heavy atom. The van der Waals surface area contributed by atoms with Crippen LogP contribution in [0.2, 0.25) is 0 Å². The van der Waals surface area contributed by atoms with Gasteiger partial charge < -0.3 is 10.5 Å². The Morgan fingerprint density at radius 1 is 1.22 bits per heavy atom. The van der Waals surface area contributed by atoms with Gasteiger partial charge in [-0.15, -0.1) is 0 Å². The molecular formula is C13H16N2O3. The van der Waals surface area contributed by atoms with Crippen molar-refractivity contribution in [3.8, 4) is 0 Å². The summed E-state index contributed by atoms with van der Waals surface area (Å²) in [7, 11) is 0. The van der Waals surface area contributed by atoms with E-state index in [0.717, 1.165) is 11.1 Å². The second kappa shape index (κ2) is 5.53. The third kappa shape index (κ3) is 3.00. The lowest BCUT2D eigenvalue weighted by Crippen LogP contribution is -2.26. The van der Waals surface area contributed by atoms with Gasteiger partial charge in [0.1, 0.15) is 0 Å². The molecule has 0 aliphatic carbocycles. The van der Waals surface area contributed by atoms with Gasteiger partial charge in [0.25, 0.3) is 0 Å². The van der Waals surface area contributed by atoms with E-state index in [4.69, 9.17) is 10.5 Å². The quantitative estimate of drug-likeness (QED) is 0.819. The molecule has 96 valence electrons. The van der Waals surface area contributed by atoms with Crippen LogP contribution < -0.4 is 5.73 Å². The molecule has 5 nitrogen and oxygen atoms in total. The topological polar surface area (TPSA) is 72.6 Å². The fourth-order valence-electron chi connectivity index (χ4n) is 1.96. The third-order valence-electron chi connectivity index (χ3n) is 2.89. The van der Waals surface area contributed by atoms with E-state index in [9.17, 15) is 9.59 Å². The molecular weight excluding hydrogens is 232 g/mol. The first-order valence-corrected chi connectivity index (χ1v) is 5.93. The van der Waals surface area contributed by atoms with Crippen LogP contribution in [0.4, 0.5) is 4.79 Å². The van der Waals surface area contributed by atoms with E-state index in [1.807, 2.05) is 24.3 Å². The number of primary amides is 1. The predicted molar refractivity (Wildman–Crippen MR) is 65.5 cm³/mol. The Morgan fingerprint density at radius 2 is 1.83 bits per heavy atom. The second-order valence-corrected chi connectivity index (χ2v) is 4.31. The number of ether oxygens (including phenoxy) is 1. The van der Waals surface area contributed by atoms with E-state index < -0.39 is 0 Å². The van der Waals surface area contributed by atoms with Crippen LogP contribution in [0.25, 0.3) is 0 Å². The molecule has 0 atom stereocenters. The molecule has 0 radical (unpaired) electrons. The smallest absolute Gasteiger partial charge is 0.410 e. The van der Waals surface area contributed by atoms with Crippen molar-refractivity contribution in [1.82, 2.24) is 4.90 Å². The summed E-state index contributed by atoms with van der Waals surface area (Å²) in [6.07, 6.45) is 0.380. The number of hydrogen-bond donors (Lipinski definition) is 1. The minimum atomic E-state index is -0.375. The zero-order valence-electron chi connectivity index (χ0n) is 10.1. The average Bonchev–Trinajstić information content (AvgIpc) is 2.78. The molecule has 1 aliphatic heterocycles. The zero-order valence-corrected chi connectivity index (χ0v) is 10.1. The first-order chi connectivity index (χ1) is 8.66. The highest BCUT2D eigenvalue weighted by atomic mass is 16.6. The van der Waals surface area contributed by atoms with Crippen molar-refractivity contribution in [3.05, 3.63) is 35.4 Å². The molecule has 2 N–H and O–H groups in total. The summed E-state index contributed by atoms with van der Waals surface area (Å²) in [4.78, 5) is 23.9. The van der Waals surface area contributed by atoms with E-state index in [-0.39, 0.29) is 25.0 Å². The van der Waals surface area contributed by atoms with E-state index in [0.29, 0.717) is 19.5 Å². The maximum absolute atomic E-state index is 11.7. The van der Waals surface area contributed by atoms with Gasteiger partial charge in [0.2, 0.25) is 5.91 Å². The number of carbonyl (C=O) groups is 2. The van der Waals surface area contributed by atoms with Crippen LogP contribution in [-0.2, 0) is 22.6 Å². The number of fused-ring (bicyclic) bond motifs is 1. The van der Waals surface area contributed by atoms with Gasteiger partial charge in [-0.2, -0.15) is 0 Å². The Kier molecular flexibility index (Phi) is 3.82. The van der Waals surface area contributed by atoms with E-state index in [2.05, 4.69) is 0 Å². The fourth-order valence-corrected chi connectivity index (χ4v) is 1.96. The molecule has 0 bridgehead atoms. The molecule has 0 aromatic heterocycles. The molecule has 0 spiro atoms. The summed E-state index contributed by atoms with van der Waals surface area (Å²) in [5.41, 5.74) is 7.32. The lowest BCUT2D eigenvalue weighted by Gasteiger charge is -2.15. The first kappa shape index (κ1) is 12.4. The van der Waals surface area contributed by atoms with Crippen molar-refractivity contribution in [3.63, 3.8) is 0 Å². The lowest BCUT2D eigenvalue weighted by atomic mass is 10.1. The maximum atomic E-state index is 11.7. The molecule has 0 saturated carbocycles. The molecule has 1 aromatic rings. The number of benzene rings is 1. The summed E-state index contributed by atoms with van der Waals surface area (Å²) in [5, 5.41) is 0. The Hall–Kier alpha value is -2.04. The molecule has 2 amide bonds. The molecule has 1 aromatic carbocycles. The summed E-state index contributed by atoms with van der Waals surface area (Å²) in [5.74, 6) is -0.375. The van der Waals surface area contributed by atoms with Gasteiger partial charge in [0, 0.05) is 19.5 Å². The van der Waals surface area contributed by atoms with E-state index in [1.165, 1.54) is 0 Å². The molecule has 5 heteroatoms. The molecule has 1 aliphatic rings. The van der Waals surface area contributed by atoms with Crippen LogP contribution in [0, 0.1) is 0 Å². The Bertz CT molecular complexity index is 434. The fraction of sp³-hybridized carbons (Fsp3) is 0.385. The van der Waals surface area contributed by atoms with E-state index in [1.54, 1.807) is 4.90 Å². The van der Waals surface area contributed by atoms with Gasteiger partial charge in [-0.25, -0.2) is 4.79 Å². The lowest BCUT2D eigenvalue weighted by molar-refractivity contribution is -0.118. The van der Waals surface area contributed by atoms with Crippen LogP contribution in [0.1, 0.15) is 24.0 Å². The van der Waals surface area contributed by atoms with Crippen molar-refractivity contribution in [2.75, 3.05) is 6.61 Å². The van der Waals surface area contributed by atoms with Crippen molar-refractivity contribution in [2.45, 2.75) is 25.9 Å². The van der Waals surface area contributed by atoms with E-state index >= 15 is 0 Å².